The molecule has 3 atom stereocenters. The van der Waals surface area contributed by atoms with E-state index in [-0.39, 0.29) is 0 Å². The van der Waals surface area contributed by atoms with Gasteiger partial charge in [0.2, 0.25) is 0 Å². The predicted octanol–water partition coefficient (Wildman–Crippen LogP) is 3.95. The highest BCUT2D eigenvalue weighted by Gasteiger charge is 2.30. The van der Waals surface area contributed by atoms with E-state index >= 15 is 0 Å². The van der Waals surface area contributed by atoms with Gasteiger partial charge >= 0.3 is 0 Å². The third-order valence-corrected chi connectivity index (χ3v) is 6.00. The molecule has 0 spiro atoms. The summed E-state index contributed by atoms with van der Waals surface area (Å²) in [6, 6.07) is 7.85. The van der Waals surface area contributed by atoms with Gasteiger partial charge in [-0.05, 0) is 61.6 Å². The summed E-state index contributed by atoms with van der Waals surface area (Å²) >= 11 is 2.03. The molecule has 3 rings (SSSR count). The average Bonchev–Trinajstić information content (AvgIpc) is 2.94. The van der Waals surface area contributed by atoms with Crippen LogP contribution in [0.5, 0.6) is 5.75 Å². The summed E-state index contributed by atoms with van der Waals surface area (Å²) in [5.74, 6) is 0.993. The van der Waals surface area contributed by atoms with Gasteiger partial charge in [-0.1, -0.05) is 12.5 Å². The van der Waals surface area contributed by atoms with Gasteiger partial charge in [-0.3, -0.25) is 0 Å². The fourth-order valence-electron chi connectivity index (χ4n) is 3.75. The zero-order valence-electron chi connectivity index (χ0n) is 12.5. The minimum atomic E-state index is 0.544. The van der Waals surface area contributed by atoms with Crippen LogP contribution in [0.4, 0.5) is 0 Å². The summed E-state index contributed by atoms with van der Waals surface area (Å²) in [6.07, 6.45) is 10.1. The van der Waals surface area contributed by atoms with Crippen LogP contribution in [-0.4, -0.2) is 24.7 Å². The summed E-state index contributed by atoms with van der Waals surface area (Å²) in [7, 11) is 1.75. The van der Waals surface area contributed by atoms with Crippen molar-refractivity contribution < 1.29 is 4.74 Å². The monoisotopic (exact) mass is 291 g/mol. The molecule has 0 amide bonds. The van der Waals surface area contributed by atoms with Crippen molar-refractivity contribution in [3.8, 4) is 5.75 Å². The fraction of sp³-hybridized carbons (Fsp3) is 0.647. The Kier molecular flexibility index (Phi) is 4.57. The largest absolute Gasteiger partial charge is 0.497 e. The standard InChI is InChI=1S/C17H25NOS/c1-19-13-9-10-14-12(11-13)5-3-6-15(14)18-16-7-4-8-17(16)20-2/h9-11,15-18H,3-8H2,1-2H3. The molecule has 2 nitrogen and oxygen atoms in total. The maximum absolute atomic E-state index is 5.36. The van der Waals surface area contributed by atoms with Crippen molar-refractivity contribution >= 4 is 11.8 Å². The first-order valence-corrected chi connectivity index (χ1v) is 9.06. The van der Waals surface area contributed by atoms with E-state index in [1.54, 1.807) is 7.11 Å². The molecule has 0 heterocycles. The van der Waals surface area contributed by atoms with Crippen LogP contribution in [-0.2, 0) is 6.42 Å². The van der Waals surface area contributed by atoms with E-state index in [9.17, 15) is 0 Å². The van der Waals surface area contributed by atoms with Crippen molar-refractivity contribution in [3.05, 3.63) is 29.3 Å². The van der Waals surface area contributed by atoms with Crippen LogP contribution in [0.25, 0.3) is 0 Å². The van der Waals surface area contributed by atoms with Crippen LogP contribution < -0.4 is 10.1 Å². The van der Waals surface area contributed by atoms with E-state index in [1.807, 2.05) is 11.8 Å². The molecule has 0 bridgehead atoms. The molecule has 1 saturated carbocycles. The highest BCUT2D eigenvalue weighted by molar-refractivity contribution is 7.99. The molecular formula is C17H25NOS. The van der Waals surface area contributed by atoms with Gasteiger partial charge in [-0.2, -0.15) is 11.8 Å². The van der Waals surface area contributed by atoms with E-state index in [0.29, 0.717) is 12.1 Å². The minimum absolute atomic E-state index is 0.544. The minimum Gasteiger partial charge on any atom is -0.497 e. The van der Waals surface area contributed by atoms with Crippen LogP contribution >= 0.6 is 11.8 Å². The number of fused-ring (bicyclic) bond motifs is 1. The van der Waals surface area contributed by atoms with Gasteiger partial charge in [0.1, 0.15) is 5.75 Å². The molecule has 1 fully saturated rings. The Balaban J connectivity index is 1.76. The van der Waals surface area contributed by atoms with Gasteiger partial charge in [0.15, 0.2) is 0 Å². The van der Waals surface area contributed by atoms with E-state index in [2.05, 4.69) is 29.8 Å². The molecule has 1 N–H and O–H groups in total. The SMILES string of the molecule is COc1ccc2c(c1)CCCC2NC1CCCC1SC. The second kappa shape index (κ2) is 6.40. The molecule has 3 unspecified atom stereocenters. The zero-order chi connectivity index (χ0) is 13.9. The Bertz CT molecular complexity index is 462. The lowest BCUT2D eigenvalue weighted by molar-refractivity contribution is 0.394. The van der Waals surface area contributed by atoms with Crippen molar-refractivity contribution in [2.45, 2.75) is 55.9 Å². The van der Waals surface area contributed by atoms with E-state index in [1.165, 1.54) is 49.7 Å². The summed E-state index contributed by atoms with van der Waals surface area (Å²) < 4.78 is 5.36. The Hall–Kier alpha value is -0.670. The Morgan fingerprint density at radius 2 is 2.10 bits per heavy atom. The molecule has 2 aliphatic carbocycles. The van der Waals surface area contributed by atoms with Crippen LogP contribution in [0.2, 0.25) is 0 Å². The number of methoxy groups -OCH3 is 1. The quantitative estimate of drug-likeness (QED) is 0.907. The summed E-state index contributed by atoms with van der Waals surface area (Å²) in [5, 5.41) is 4.76. The summed E-state index contributed by atoms with van der Waals surface area (Å²) in [4.78, 5) is 0. The van der Waals surface area contributed by atoms with Crippen LogP contribution in [0.1, 0.15) is 49.3 Å². The lowest BCUT2D eigenvalue weighted by Crippen LogP contribution is -2.38. The predicted molar refractivity (Wildman–Crippen MR) is 86.8 cm³/mol. The second-order valence-corrected chi connectivity index (χ2v) is 7.06. The van der Waals surface area contributed by atoms with Crippen LogP contribution in [0, 0.1) is 0 Å². The number of hydrogen-bond donors (Lipinski definition) is 1. The highest BCUT2D eigenvalue weighted by atomic mass is 32.2. The first-order chi connectivity index (χ1) is 9.81. The second-order valence-electron chi connectivity index (χ2n) is 5.99. The summed E-state index contributed by atoms with van der Waals surface area (Å²) in [5.41, 5.74) is 2.98. The van der Waals surface area contributed by atoms with Crippen LogP contribution in [0.15, 0.2) is 18.2 Å². The number of aryl methyl sites for hydroxylation is 1. The van der Waals surface area contributed by atoms with Crippen molar-refractivity contribution in [1.82, 2.24) is 5.32 Å². The van der Waals surface area contributed by atoms with E-state index in [0.717, 1.165) is 11.0 Å². The first kappa shape index (κ1) is 14.3. The number of thioether (sulfide) groups is 1. The molecule has 0 radical (unpaired) electrons. The molecular weight excluding hydrogens is 266 g/mol. The van der Waals surface area contributed by atoms with Gasteiger partial charge in [-0.15, -0.1) is 0 Å². The van der Waals surface area contributed by atoms with E-state index < -0.39 is 0 Å². The van der Waals surface area contributed by atoms with Gasteiger partial charge in [0.05, 0.1) is 7.11 Å². The number of rotatable bonds is 4. The average molecular weight is 291 g/mol. The summed E-state index contributed by atoms with van der Waals surface area (Å²) in [6.45, 7) is 0. The van der Waals surface area contributed by atoms with E-state index in [4.69, 9.17) is 4.74 Å². The maximum Gasteiger partial charge on any atom is 0.119 e. The first-order valence-electron chi connectivity index (χ1n) is 7.77. The topological polar surface area (TPSA) is 21.3 Å². The highest BCUT2D eigenvalue weighted by Crippen LogP contribution is 2.35. The molecule has 0 saturated heterocycles. The van der Waals surface area contributed by atoms with Gasteiger partial charge < -0.3 is 10.1 Å². The molecule has 3 heteroatoms. The van der Waals surface area contributed by atoms with Crippen molar-refractivity contribution in [2.75, 3.05) is 13.4 Å². The number of hydrogen-bond acceptors (Lipinski definition) is 3. The van der Waals surface area contributed by atoms with Gasteiger partial charge in [0, 0.05) is 17.3 Å². The molecule has 0 aromatic heterocycles. The van der Waals surface area contributed by atoms with Crippen molar-refractivity contribution in [3.63, 3.8) is 0 Å². The molecule has 1 aromatic rings. The van der Waals surface area contributed by atoms with Crippen LogP contribution in [0.3, 0.4) is 0 Å². The Labute approximate surface area is 126 Å². The normalized spacial score (nSPS) is 29.2. The fourth-order valence-corrected chi connectivity index (χ4v) is 4.69. The number of nitrogens with one attached hydrogen (secondary N) is 1. The zero-order valence-corrected chi connectivity index (χ0v) is 13.3. The molecule has 20 heavy (non-hydrogen) atoms. The Morgan fingerprint density at radius 1 is 1.20 bits per heavy atom. The molecule has 0 aliphatic heterocycles. The molecule has 2 aliphatic rings. The van der Waals surface area contributed by atoms with Crippen molar-refractivity contribution in [2.24, 2.45) is 0 Å². The number of ether oxygens (including phenoxy) is 1. The maximum atomic E-state index is 5.36. The molecule has 110 valence electrons. The third kappa shape index (κ3) is 2.84. The number of benzene rings is 1. The third-order valence-electron chi connectivity index (χ3n) is 4.84. The molecule has 1 aromatic carbocycles. The van der Waals surface area contributed by atoms with Gasteiger partial charge in [-0.25, -0.2) is 0 Å². The smallest absolute Gasteiger partial charge is 0.119 e. The lowest BCUT2D eigenvalue weighted by Gasteiger charge is -2.31. The lowest BCUT2D eigenvalue weighted by atomic mass is 9.87. The van der Waals surface area contributed by atoms with Gasteiger partial charge in [0.25, 0.3) is 0 Å². The Morgan fingerprint density at radius 3 is 2.90 bits per heavy atom. The van der Waals surface area contributed by atoms with Crippen molar-refractivity contribution in [1.29, 1.82) is 0 Å².